The molecule has 3 nitrogen and oxygen atoms in total. The Morgan fingerprint density at radius 3 is 2.83 bits per heavy atom. The van der Waals surface area contributed by atoms with Gasteiger partial charge in [0.25, 0.3) is 5.56 Å². The average Bonchev–Trinajstić information content (AvgIpc) is 2.05. The van der Waals surface area contributed by atoms with Crippen LogP contribution in [0.2, 0.25) is 0 Å². The third-order valence-electron chi connectivity index (χ3n) is 1.78. The number of hydrogen-bond donors (Lipinski definition) is 1. The highest BCUT2D eigenvalue weighted by molar-refractivity contribution is 5.10. The monoisotopic (exact) mass is 166 g/mol. The van der Waals surface area contributed by atoms with E-state index in [9.17, 15) is 4.79 Å². The van der Waals surface area contributed by atoms with Gasteiger partial charge in [-0.15, -0.1) is 0 Å². The quantitative estimate of drug-likeness (QED) is 0.713. The Bertz CT molecular complexity index is 304. The van der Waals surface area contributed by atoms with Gasteiger partial charge < -0.3 is 9.88 Å². The van der Waals surface area contributed by atoms with Crippen LogP contribution >= 0.6 is 0 Å². The minimum atomic E-state index is 0.0743. The molecule has 0 saturated carbocycles. The van der Waals surface area contributed by atoms with Crippen LogP contribution in [0.3, 0.4) is 0 Å². The fraction of sp³-hybridized carbons (Fsp3) is 0.444. The molecular formula is C9H14N2O. The second-order valence-corrected chi connectivity index (χ2v) is 2.69. The predicted molar refractivity (Wildman–Crippen MR) is 49.1 cm³/mol. The van der Waals surface area contributed by atoms with Crippen molar-refractivity contribution in [2.75, 3.05) is 7.05 Å². The van der Waals surface area contributed by atoms with E-state index in [1.165, 1.54) is 0 Å². The maximum atomic E-state index is 11.3. The largest absolute Gasteiger partial charge is 0.316 e. The maximum absolute atomic E-state index is 11.3. The number of nitrogens with one attached hydrogen (secondary N) is 1. The van der Waals surface area contributed by atoms with Gasteiger partial charge in [0.2, 0.25) is 0 Å². The minimum Gasteiger partial charge on any atom is -0.316 e. The third-order valence-corrected chi connectivity index (χ3v) is 1.78. The van der Waals surface area contributed by atoms with E-state index in [2.05, 4.69) is 5.32 Å². The predicted octanol–water partition coefficient (Wildman–Crippen LogP) is 0.588. The van der Waals surface area contributed by atoms with Crippen LogP contribution in [0.1, 0.15) is 12.5 Å². The van der Waals surface area contributed by atoms with Gasteiger partial charge in [0.05, 0.1) is 0 Å². The second kappa shape index (κ2) is 4.07. The number of aromatic nitrogens is 1. The van der Waals surface area contributed by atoms with Crippen LogP contribution in [0.15, 0.2) is 23.1 Å². The van der Waals surface area contributed by atoms with Crippen LogP contribution in [-0.2, 0) is 13.1 Å². The Labute approximate surface area is 72.0 Å². The molecule has 0 bridgehead atoms. The lowest BCUT2D eigenvalue weighted by atomic mass is 10.2. The summed E-state index contributed by atoms with van der Waals surface area (Å²) in [5.41, 5.74) is 1.11. The van der Waals surface area contributed by atoms with Crippen molar-refractivity contribution < 1.29 is 0 Å². The van der Waals surface area contributed by atoms with Crippen LogP contribution < -0.4 is 10.9 Å². The van der Waals surface area contributed by atoms with E-state index >= 15 is 0 Å². The highest BCUT2D eigenvalue weighted by Gasteiger charge is 1.94. The fourth-order valence-electron chi connectivity index (χ4n) is 1.12. The Morgan fingerprint density at radius 2 is 2.33 bits per heavy atom. The van der Waals surface area contributed by atoms with Gasteiger partial charge in [-0.2, -0.15) is 0 Å². The Balaban J connectivity index is 2.94. The van der Waals surface area contributed by atoms with Crippen molar-refractivity contribution in [3.05, 3.63) is 34.2 Å². The van der Waals surface area contributed by atoms with Crippen LogP contribution in [0.4, 0.5) is 0 Å². The Kier molecular flexibility index (Phi) is 3.05. The molecule has 0 aliphatic carbocycles. The molecule has 0 amide bonds. The summed E-state index contributed by atoms with van der Waals surface area (Å²) in [6.07, 6.45) is 1.83. The molecule has 0 aliphatic heterocycles. The minimum absolute atomic E-state index is 0.0743. The van der Waals surface area contributed by atoms with Gasteiger partial charge in [-0.25, -0.2) is 0 Å². The molecule has 0 atom stereocenters. The molecule has 0 spiro atoms. The second-order valence-electron chi connectivity index (χ2n) is 2.69. The molecule has 0 fully saturated rings. The van der Waals surface area contributed by atoms with E-state index in [1.54, 1.807) is 10.6 Å². The van der Waals surface area contributed by atoms with Crippen LogP contribution in [0.25, 0.3) is 0 Å². The molecule has 1 heterocycles. The van der Waals surface area contributed by atoms with Crippen molar-refractivity contribution in [2.45, 2.75) is 20.0 Å². The molecule has 12 heavy (non-hydrogen) atoms. The van der Waals surface area contributed by atoms with Gasteiger partial charge in [-0.05, 0) is 25.6 Å². The van der Waals surface area contributed by atoms with Gasteiger partial charge in [-0.3, -0.25) is 4.79 Å². The number of nitrogens with zero attached hydrogens (tertiary/aromatic N) is 1. The normalized spacial score (nSPS) is 10.2. The molecule has 0 aromatic carbocycles. The van der Waals surface area contributed by atoms with Crippen molar-refractivity contribution in [3.63, 3.8) is 0 Å². The molecule has 1 aromatic rings. The van der Waals surface area contributed by atoms with Crippen LogP contribution in [0.5, 0.6) is 0 Å². The number of rotatable bonds is 3. The lowest BCUT2D eigenvalue weighted by Gasteiger charge is -2.02. The van der Waals surface area contributed by atoms with E-state index in [0.29, 0.717) is 0 Å². The molecule has 0 aliphatic rings. The Morgan fingerprint density at radius 1 is 1.58 bits per heavy atom. The summed E-state index contributed by atoms with van der Waals surface area (Å²) in [4.78, 5) is 11.3. The molecule has 1 rings (SSSR count). The lowest BCUT2D eigenvalue weighted by molar-refractivity contribution is 0.716. The van der Waals surface area contributed by atoms with E-state index in [0.717, 1.165) is 18.7 Å². The zero-order valence-electron chi connectivity index (χ0n) is 7.50. The van der Waals surface area contributed by atoms with Gasteiger partial charge in [-0.1, -0.05) is 0 Å². The smallest absolute Gasteiger partial charge is 0.250 e. The summed E-state index contributed by atoms with van der Waals surface area (Å²) in [5, 5.41) is 3.00. The first-order valence-electron chi connectivity index (χ1n) is 4.12. The summed E-state index contributed by atoms with van der Waals surface area (Å²) in [6.45, 7) is 3.44. The van der Waals surface area contributed by atoms with E-state index < -0.39 is 0 Å². The number of aryl methyl sites for hydroxylation is 1. The standard InChI is InChI=1S/C9H14N2O/c1-3-11-5-4-8(7-10-2)6-9(11)12/h4-6,10H,3,7H2,1-2H3. The summed E-state index contributed by atoms with van der Waals surface area (Å²) < 4.78 is 1.68. The van der Waals surface area contributed by atoms with Crippen LogP contribution in [-0.4, -0.2) is 11.6 Å². The van der Waals surface area contributed by atoms with E-state index in [1.807, 2.05) is 26.2 Å². The van der Waals surface area contributed by atoms with Crippen LogP contribution in [0, 0.1) is 0 Å². The highest BCUT2D eigenvalue weighted by atomic mass is 16.1. The molecule has 66 valence electrons. The van der Waals surface area contributed by atoms with E-state index in [-0.39, 0.29) is 5.56 Å². The molecule has 1 aromatic heterocycles. The van der Waals surface area contributed by atoms with Crippen molar-refractivity contribution in [1.82, 2.24) is 9.88 Å². The fourth-order valence-corrected chi connectivity index (χ4v) is 1.12. The molecule has 0 unspecified atom stereocenters. The first kappa shape index (κ1) is 9.00. The van der Waals surface area contributed by atoms with E-state index in [4.69, 9.17) is 0 Å². The van der Waals surface area contributed by atoms with Crippen molar-refractivity contribution >= 4 is 0 Å². The summed E-state index contributed by atoms with van der Waals surface area (Å²) in [5.74, 6) is 0. The SMILES string of the molecule is CCn1ccc(CNC)cc1=O. The van der Waals surface area contributed by atoms with Gasteiger partial charge >= 0.3 is 0 Å². The molecule has 0 saturated heterocycles. The third kappa shape index (κ3) is 1.95. The highest BCUT2D eigenvalue weighted by Crippen LogP contribution is 1.93. The molecule has 3 heteroatoms. The summed E-state index contributed by atoms with van der Waals surface area (Å²) in [6, 6.07) is 3.63. The number of pyridine rings is 1. The van der Waals surface area contributed by atoms with Crippen molar-refractivity contribution in [3.8, 4) is 0 Å². The topological polar surface area (TPSA) is 34.0 Å². The molecule has 0 radical (unpaired) electrons. The first-order chi connectivity index (χ1) is 5.77. The van der Waals surface area contributed by atoms with Crippen molar-refractivity contribution in [1.29, 1.82) is 0 Å². The maximum Gasteiger partial charge on any atom is 0.250 e. The molecular weight excluding hydrogens is 152 g/mol. The van der Waals surface area contributed by atoms with Crippen molar-refractivity contribution in [2.24, 2.45) is 0 Å². The summed E-state index contributed by atoms with van der Waals surface area (Å²) >= 11 is 0. The van der Waals surface area contributed by atoms with Gasteiger partial charge in [0.1, 0.15) is 0 Å². The average molecular weight is 166 g/mol. The summed E-state index contributed by atoms with van der Waals surface area (Å²) in [7, 11) is 1.87. The lowest BCUT2D eigenvalue weighted by Crippen LogP contribution is -2.19. The zero-order chi connectivity index (χ0) is 8.97. The first-order valence-corrected chi connectivity index (χ1v) is 4.12. The zero-order valence-corrected chi connectivity index (χ0v) is 7.50. The Hall–Kier alpha value is -1.09. The molecule has 1 N–H and O–H groups in total. The number of hydrogen-bond acceptors (Lipinski definition) is 2. The van der Waals surface area contributed by atoms with Gasteiger partial charge in [0, 0.05) is 25.4 Å². The van der Waals surface area contributed by atoms with Gasteiger partial charge in [0.15, 0.2) is 0 Å².